The van der Waals surface area contributed by atoms with E-state index in [2.05, 4.69) is 20.3 Å². The number of halogens is 1. The number of amides is 1. The fourth-order valence-electron chi connectivity index (χ4n) is 3.23. The van der Waals surface area contributed by atoms with Crippen LogP contribution in [0.5, 0.6) is 0 Å². The molecule has 2 heterocycles. The average molecular weight is 352 g/mol. The van der Waals surface area contributed by atoms with Crippen molar-refractivity contribution >= 4 is 16.9 Å². The standard InChI is InChI=1S/C20H21FN4O/c1-12-3-2-4-16(22-12)20(13-5-6-13)25-19(26)10-9-18-23-15-8-7-14(21)11-17(15)24-18/h2-4,7-8,11,13,20H,5-6,9-10H2,1H3,(H,23,24)(H,25,26). The molecular formula is C20H21FN4O. The first-order chi connectivity index (χ1) is 12.6. The number of imidazole rings is 1. The van der Waals surface area contributed by atoms with Gasteiger partial charge in [-0.2, -0.15) is 0 Å². The van der Waals surface area contributed by atoms with Gasteiger partial charge in [0.25, 0.3) is 0 Å². The highest BCUT2D eigenvalue weighted by Gasteiger charge is 2.34. The van der Waals surface area contributed by atoms with E-state index in [9.17, 15) is 9.18 Å². The lowest BCUT2D eigenvalue weighted by atomic mass is 10.1. The summed E-state index contributed by atoms with van der Waals surface area (Å²) in [6.07, 6.45) is 3.06. The summed E-state index contributed by atoms with van der Waals surface area (Å²) in [7, 11) is 0. The second kappa shape index (κ2) is 6.86. The predicted octanol–water partition coefficient (Wildman–Crippen LogP) is 3.61. The van der Waals surface area contributed by atoms with Crippen LogP contribution >= 0.6 is 0 Å². The number of aromatic amines is 1. The van der Waals surface area contributed by atoms with Crippen LogP contribution in [-0.2, 0) is 11.2 Å². The second-order valence-electron chi connectivity index (χ2n) is 6.93. The van der Waals surface area contributed by atoms with Gasteiger partial charge >= 0.3 is 0 Å². The molecule has 134 valence electrons. The Bertz CT molecular complexity index is 948. The van der Waals surface area contributed by atoms with Crippen LogP contribution in [0.1, 0.15) is 42.5 Å². The molecule has 1 aromatic carbocycles. The molecule has 1 aliphatic carbocycles. The molecule has 5 nitrogen and oxygen atoms in total. The topological polar surface area (TPSA) is 70.7 Å². The van der Waals surface area contributed by atoms with Crippen molar-refractivity contribution in [3.8, 4) is 0 Å². The molecule has 2 N–H and O–H groups in total. The molecule has 1 atom stereocenters. The van der Waals surface area contributed by atoms with Crippen molar-refractivity contribution in [2.24, 2.45) is 5.92 Å². The quantitative estimate of drug-likeness (QED) is 0.712. The summed E-state index contributed by atoms with van der Waals surface area (Å²) in [5.41, 5.74) is 3.25. The lowest BCUT2D eigenvalue weighted by Crippen LogP contribution is -2.30. The molecule has 6 heteroatoms. The van der Waals surface area contributed by atoms with Gasteiger partial charge in [-0.05, 0) is 56.0 Å². The number of fused-ring (bicyclic) bond motifs is 1. The van der Waals surface area contributed by atoms with Crippen molar-refractivity contribution in [2.75, 3.05) is 0 Å². The Kier molecular flexibility index (Phi) is 4.41. The minimum absolute atomic E-state index is 0.0168. The fraction of sp³-hybridized carbons (Fsp3) is 0.350. The van der Waals surface area contributed by atoms with Crippen LogP contribution in [0.4, 0.5) is 4.39 Å². The van der Waals surface area contributed by atoms with Crippen molar-refractivity contribution in [1.29, 1.82) is 0 Å². The SMILES string of the molecule is Cc1cccc(C(NC(=O)CCc2nc3ccc(F)cc3[nH]2)C2CC2)n1. The van der Waals surface area contributed by atoms with Gasteiger partial charge in [-0.3, -0.25) is 9.78 Å². The Morgan fingerprint density at radius 1 is 1.31 bits per heavy atom. The van der Waals surface area contributed by atoms with Crippen LogP contribution in [0.2, 0.25) is 0 Å². The van der Waals surface area contributed by atoms with Crippen molar-refractivity contribution < 1.29 is 9.18 Å². The number of H-pyrrole nitrogens is 1. The number of nitrogens with zero attached hydrogens (tertiary/aromatic N) is 2. The zero-order valence-electron chi connectivity index (χ0n) is 14.6. The van der Waals surface area contributed by atoms with E-state index in [0.717, 1.165) is 24.2 Å². The van der Waals surface area contributed by atoms with Gasteiger partial charge in [-0.25, -0.2) is 9.37 Å². The number of rotatable bonds is 6. The summed E-state index contributed by atoms with van der Waals surface area (Å²) in [5.74, 6) is 0.847. The van der Waals surface area contributed by atoms with E-state index in [1.807, 2.05) is 25.1 Å². The second-order valence-corrected chi connectivity index (χ2v) is 6.93. The van der Waals surface area contributed by atoms with E-state index in [-0.39, 0.29) is 17.8 Å². The number of benzene rings is 1. The molecule has 0 saturated heterocycles. The lowest BCUT2D eigenvalue weighted by molar-refractivity contribution is -0.122. The lowest BCUT2D eigenvalue weighted by Gasteiger charge is -2.18. The number of carbonyl (C=O) groups excluding carboxylic acids is 1. The normalized spacial score (nSPS) is 15.2. The first kappa shape index (κ1) is 16.7. The van der Waals surface area contributed by atoms with Crippen LogP contribution in [-0.4, -0.2) is 20.9 Å². The number of aromatic nitrogens is 3. The molecule has 0 spiro atoms. The third-order valence-corrected chi connectivity index (χ3v) is 4.72. The Morgan fingerprint density at radius 3 is 2.92 bits per heavy atom. The summed E-state index contributed by atoms with van der Waals surface area (Å²) in [5, 5.41) is 3.13. The maximum atomic E-state index is 13.3. The van der Waals surface area contributed by atoms with Crippen molar-refractivity contribution in [3.63, 3.8) is 0 Å². The van der Waals surface area contributed by atoms with E-state index in [1.165, 1.54) is 12.1 Å². The van der Waals surface area contributed by atoms with Gasteiger partial charge in [0.15, 0.2) is 0 Å². The molecule has 0 radical (unpaired) electrons. The highest BCUT2D eigenvalue weighted by molar-refractivity contribution is 5.77. The number of pyridine rings is 1. The van der Waals surface area contributed by atoms with Crippen molar-refractivity contribution in [1.82, 2.24) is 20.3 Å². The Balaban J connectivity index is 1.40. The van der Waals surface area contributed by atoms with Gasteiger partial charge in [0, 0.05) is 18.5 Å². The maximum Gasteiger partial charge on any atom is 0.220 e. The summed E-state index contributed by atoms with van der Waals surface area (Å²) < 4.78 is 13.3. The number of hydrogen-bond acceptors (Lipinski definition) is 3. The van der Waals surface area contributed by atoms with E-state index in [4.69, 9.17) is 0 Å². The summed E-state index contributed by atoms with van der Waals surface area (Å²) in [4.78, 5) is 24.5. The third-order valence-electron chi connectivity index (χ3n) is 4.72. The maximum absolute atomic E-state index is 13.3. The van der Waals surface area contributed by atoms with Gasteiger partial charge < -0.3 is 10.3 Å². The average Bonchev–Trinajstić information content (AvgIpc) is 3.37. The molecular weight excluding hydrogens is 331 g/mol. The van der Waals surface area contributed by atoms with E-state index < -0.39 is 0 Å². The Morgan fingerprint density at radius 2 is 2.15 bits per heavy atom. The smallest absolute Gasteiger partial charge is 0.220 e. The highest BCUT2D eigenvalue weighted by Crippen LogP contribution is 2.40. The summed E-state index contributed by atoms with van der Waals surface area (Å²) >= 11 is 0. The third kappa shape index (κ3) is 3.74. The molecule has 2 aromatic heterocycles. The Labute approximate surface area is 151 Å². The zero-order chi connectivity index (χ0) is 18.1. The van der Waals surface area contributed by atoms with E-state index in [0.29, 0.717) is 35.6 Å². The monoisotopic (exact) mass is 352 g/mol. The van der Waals surface area contributed by atoms with Gasteiger partial charge in [0.1, 0.15) is 11.6 Å². The summed E-state index contributed by atoms with van der Waals surface area (Å²) in [6, 6.07) is 10.3. The molecule has 1 fully saturated rings. The fourth-order valence-corrected chi connectivity index (χ4v) is 3.23. The van der Waals surface area contributed by atoms with Crippen molar-refractivity contribution in [2.45, 2.75) is 38.6 Å². The van der Waals surface area contributed by atoms with E-state index >= 15 is 0 Å². The zero-order valence-corrected chi connectivity index (χ0v) is 14.6. The number of aryl methyl sites for hydroxylation is 2. The van der Waals surface area contributed by atoms with Crippen LogP contribution in [0.15, 0.2) is 36.4 Å². The van der Waals surface area contributed by atoms with Crippen LogP contribution in [0, 0.1) is 18.7 Å². The first-order valence-electron chi connectivity index (χ1n) is 8.95. The minimum atomic E-state index is -0.302. The molecule has 0 aliphatic heterocycles. The van der Waals surface area contributed by atoms with E-state index in [1.54, 1.807) is 6.07 Å². The predicted molar refractivity (Wildman–Crippen MR) is 97.0 cm³/mol. The molecule has 3 aromatic rings. The molecule has 1 aliphatic rings. The van der Waals surface area contributed by atoms with Crippen LogP contribution < -0.4 is 5.32 Å². The largest absolute Gasteiger partial charge is 0.347 e. The first-order valence-corrected chi connectivity index (χ1v) is 8.95. The minimum Gasteiger partial charge on any atom is -0.347 e. The van der Waals surface area contributed by atoms with Gasteiger partial charge in [0.05, 0.1) is 22.8 Å². The van der Waals surface area contributed by atoms with Gasteiger partial charge in [0.2, 0.25) is 5.91 Å². The highest BCUT2D eigenvalue weighted by atomic mass is 19.1. The Hall–Kier alpha value is -2.76. The summed E-state index contributed by atoms with van der Waals surface area (Å²) in [6.45, 7) is 1.96. The molecule has 26 heavy (non-hydrogen) atoms. The van der Waals surface area contributed by atoms with Crippen LogP contribution in [0.3, 0.4) is 0 Å². The molecule has 1 unspecified atom stereocenters. The molecule has 0 bridgehead atoms. The number of carbonyl (C=O) groups is 1. The number of nitrogens with one attached hydrogen (secondary N) is 2. The molecule has 4 rings (SSSR count). The number of hydrogen-bond donors (Lipinski definition) is 2. The van der Waals surface area contributed by atoms with Crippen LogP contribution in [0.25, 0.3) is 11.0 Å². The molecule has 1 saturated carbocycles. The van der Waals surface area contributed by atoms with Crippen molar-refractivity contribution in [3.05, 3.63) is 59.4 Å². The van der Waals surface area contributed by atoms with Gasteiger partial charge in [-0.15, -0.1) is 0 Å². The molecule has 1 amide bonds. The van der Waals surface area contributed by atoms with Gasteiger partial charge in [-0.1, -0.05) is 6.07 Å².